The van der Waals surface area contributed by atoms with Gasteiger partial charge in [-0.05, 0) is 81.2 Å². The molecule has 0 spiro atoms. The quantitative estimate of drug-likeness (QED) is 0.0681. The monoisotopic (exact) mass is 777 g/mol. The summed E-state index contributed by atoms with van der Waals surface area (Å²) >= 11 is 0. The molecule has 0 aliphatic carbocycles. The predicted octanol–water partition coefficient (Wildman–Crippen LogP) is 13.3. The molecule has 0 aliphatic heterocycles. The largest absolute Gasteiger partial charge is 0.507 e. The van der Waals surface area contributed by atoms with Crippen molar-refractivity contribution in [2.45, 2.75) is 139 Å². The highest BCUT2D eigenvalue weighted by molar-refractivity contribution is 5.95. The minimum absolute atomic E-state index is 0.0686. The Hall–Kier alpha value is -4.59. The first-order chi connectivity index (χ1) is 27.7. The zero-order valence-electron chi connectivity index (χ0n) is 36.0. The van der Waals surface area contributed by atoms with Crippen LogP contribution in [0.15, 0.2) is 54.7 Å². The summed E-state index contributed by atoms with van der Waals surface area (Å²) in [7, 11) is 0. The van der Waals surface area contributed by atoms with Crippen LogP contribution < -0.4 is 9.47 Å². The lowest BCUT2D eigenvalue weighted by Crippen LogP contribution is -2.12. The first kappa shape index (κ1) is 43.5. The number of fused-ring (bicyclic) bond motifs is 1. The number of aromatic nitrogens is 4. The first-order valence-electron chi connectivity index (χ1n) is 21.9. The van der Waals surface area contributed by atoms with Gasteiger partial charge in [-0.3, -0.25) is 0 Å². The predicted molar refractivity (Wildman–Crippen MR) is 235 cm³/mol. The summed E-state index contributed by atoms with van der Waals surface area (Å²) in [4.78, 5) is 15.1. The Morgan fingerprint density at radius 3 is 1.46 bits per heavy atom. The molecule has 0 fully saturated rings. The number of phenolic OH excluding ortho intramolecular Hbond substituents is 2. The van der Waals surface area contributed by atoms with Gasteiger partial charge in [0.15, 0.2) is 17.5 Å². The fourth-order valence-corrected chi connectivity index (χ4v) is 7.76. The summed E-state index contributed by atoms with van der Waals surface area (Å²) < 4.78 is 14.9. The highest BCUT2D eigenvalue weighted by atomic mass is 16.5. The van der Waals surface area contributed by atoms with Crippen molar-refractivity contribution in [2.24, 2.45) is 17.8 Å². The number of ether oxygens (including phenoxy) is 2. The molecule has 5 aromatic rings. The lowest BCUT2D eigenvalue weighted by atomic mass is 9.99. The summed E-state index contributed by atoms with van der Waals surface area (Å²) in [5.74, 6) is 4.04. The van der Waals surface area contributed by atoms with Gasteiger partial charge >= 0.3 is 0 Å². The molecule has 0 bridgehead atoms. The molecular formula is C49H68N4O4. The zero-order valence-corrected chi connectivity index (χ0v) is 36.0. The molecule has 0 amide bonds. The Balaban J connectivity index is 1.61. The second-order valence-electron chi connectivity index (χ2n) is 16.1. The van der Waals surface area contributed by atoms with E-state index < -0.39 is 0 Å². The Kier molecular flexibility index (Phi) is 16.2. The van der Waals surface area contributed by atoms with Crippen LogP contribution in [0.25, 0.3) is 45.1 Å². The molecule has 2 aromatic heterocycles. The van der Waals surface area contributed by atoms with Crippen LogP contribution in [0, 0.1) is 31.6 Å². The van der Waals surface area contributed by atoms with Crippen LogP contribution in [-0.4, -0.2) is 42.9 Å². The Bertz CT molecular complexity index is 1940. The molecule has 8 heteroatoms. The highest BCUT2D eigenvalue weighted by Gasteiger charge is 2.23. The Morgan fingerprint density at radius 2 is 1.00 bits per heavy atom. The zero-order chi connectivity index (χ0) is 40.9. The minimum Gasteiger partial charge on any atom is -0.507 e. The lowest BCUT2D eigenvalue weighted by molar-refractivity contribution is 0.231. The number of rotatable bonds is 23. The van der Waals surface area contributed by atoms with Crippen molar-refractivity contribution < 1.29 is 19.7 Å². The van der Waals surface area contributed by atoms with E-state index >= 15 is 0 Å². The van der Waals surface area contributed by atoms with Crippen molar-refractivity contribution in [3.8, 4) is 57.2 Å². The fraction of sp³-hybridized carbons (Fsp3) is 0.531. The maximum atomic E-state index is 11.8. The van der Waals surface area contributed by atoms with Gasteiger partial charge in [0.25, 0.3) is 0 Å². The van der Waals surface area contributed by atoms with Crippen molar-refractivity contribution in [1.29, 1.82) is 0 Å². The van der Waals surface area contributed by atoms with E-state index in [1.807, 2.05) is 44.2 Å². The molecule has 308 valence electrons. The average Bonchev–Trinajstić information content (AvgIpc) is 3.60. The maximum absolute atomic E-state index is 11.8. The molecule has 3 aromatic carbocycles. The van der Waals surface area contributed by atoms with Gasteiger partial charge in [-0.2, -0.15) is 0 Å². The minimum atomic E-state index is 0.0686. The van der Waals surface area contributed by atoms with E-state index in [-0.39, 0.29) is 11.5 Å². The number of hydrogen-bond donors (Lipinski definition) is 2. The fourth-order valence-electron chi connectivity index (χ4n) is 7.76. The van der Waals surface area contributed by atoms with Crippen LogP contribution in [-0.2, 0) is 6.54 Å². The second kappa shape index (κ2) is 21.2. The highest BCUT2D eigenvalue weighted by Crippen LogP contribution is 2.41. The van der Waals surface area contributed by atoms with Gasteiger partial charge in [0, 0.05) is 40.3 Å². The van der Waals surface area contributed by atoms with Crippen molar-refractivity contribution in [3.63, 3.8) is 0 Å². The molecule has 2 N–H and O–H groups in total. The smallest absolute Gasteiger partial charge is 0.167 e. The van der Waals surface area contributed by atoms with E-state index in [0.29, 0.717) is 82.2 Å². The third-order valence-corrected chi connectivity index (χ3v) is 11.9. The van der Waals surface area contributed by atoms with Crippen molar-refractivity contribution in [2.75, 3.05) is 13.2 Å². The molecule has 0 radical (unpaired) electrons. The van der Waals surface area contributed by atoms with Gasteiger partial charge in [-0.25, -0.2) is 15.0 Å². The molecule has 5 rings (SSSR count). The maximum Gasteiger partial charge on any atom is 0.167 e. The summed E-state index contributed by atoms with van der Waals surface area (Å²) in [6.45, 7) is 19.2. The normalized spacial score (nSPS) is 13.2. The number of unbranched alkanes of at least 4 members (excludes halogenated alkanes) is 3. The molecule has 8 nitrogen and oxygen atoms in total. The van der Waals surface area contributed by atoms with Gasteiger partial charge in [0.05, 0.1) is 24.3 Å². The molecule has 2 heterocycles. The SMILES string of the molecule is CCCCC(CC)COc1ccc(-c2nc(-c3ccc(OCC(CC)CCCC)c(C)c3O)nc(-c3cn(CC(CC)CCCC)c4ccccc34)n2)c(O)c1C. The van der Waals surface area contributed by atoms with Gasteiger partial charge in [0.1, 0.15) is 23.0 Å². The van der Waals surface area contributed by atoms with E-state index in [1.165, 1.54) is 32.1 Å². The molecule has 0 saturated carbocycles. The Labute approximate surface area is 342 Å². The number of hydrogen-bond acceptors (Lipinski definition) is 7. The van der Waals surface area contributed by atoms with Crippen LogP contribution >= 0.6 is 0 Å². The molecule has 3 unspecified atom stereocenters. The summed E-state index contributed by atoms with van der Waals surface area (Å²) in [5.41, 5.74) is 4.24. The number of nitrogens with zero attached hydrogens (tertiary/aromatic N) is 4. The molecule has 0 aliphatic rings. The number of benzene rings is 3. The lowest BCUT2D eigenvalue weighted by Gasteiger charge is -2.19. The number of phenols is 2. The topological polar surface area (TPSA) is 103 Å². The van der Waals surface area contributed by atoms with E-state index in [4.69, 9.17) is 24.4 Å². The Morgan fingerprint density at radius 1 is 0.561 bits per heavy atom. The number of para-hydroxylation sites is 1. The average molecular weight is 777 g/mol. The van der Waals surface area contributed by atoms with Crippen LogP contribution in [0.2, 0.25) is 0 Å². The van der Waals surface area contributed by atoms with E-state index in [0.717, 1.165) is 68.0 Å². The van der Waals surface area contributed by atoms with Crippen LogP contribution in [0.1, 0.15) is 130 Å². The molecule has 3 atom stereocenters. The molecule has 0 saturated heterocycles. The second-order valence-corrected chi connectivity index (χ2v) is 16.1. The van der Waals surface area contributed by atoms with Crippen LogP contribution in [0.3, 0.4) is 0 Å². The first-order valence-corrected chi connectivity index (χ1v) is 21.9. The number of aromatic hydroxyl groups is 2. The third-order valence-electron chi connectivity index (χ3n) is 11.9. The molecule has 57 heavy (non-hydrogen) atoms. The van der Waals surface area contributed by atoms with E-state index in [2.05, 4.69) is 70.5 Å². The van der Waals surface area contributed by atoms with Crippen molar-refractivity contribution in [1.82, 2.24) is 19.5 Å². The van der Waals surface area contributed by atoms with Crippen LogP contribution in [0.5, 0.6) is 23.0 Å². The van der Waals surface area contributed by atoms with Crippen LogP contribution in [0.4, 0.5) is 0 Å². The van der Waals surface area contributed by atoms with E-state index in [1.54, 1.807) is 0 Å². The summed E-state index contributed by atoms with van der Waals surface area (Å²) in [6, 6.07) is 15.9. The van der Waals surface area contributed by atoms with Gasteiger partial charge in [-0.15, -0.1) is 0 Å². The van der Waals surface area contributed by atoms with Gasteiger partial charge < -0.3 is 24.3 Å². The van der Waals surface area contributed by atoms with Gasteiger partial charge in [0.2, 0.25) is 0 Å². The van der Waals surface area contributed by atoms with Crippen molar-refractivity contribution in [3.05, 3.63) is 65.9 Å². The third kappa shape index (κ3) is 10.7. The summed E-state index contributed by atoms with van der Waals surface area (Å²) in [6.07, 6.45) is 15.9. The molecular weight excluding hydrogens is 709 g/mol. The summed E-state index contributed by atoms with van der Waals surface area (Å²) in [5, 5.41) is 24.6. The standard InChI is InChI=1S/C49H68N4O4/c1-9-15-20-35(12-4)29-53-30-41(38-23-18-19-24-42(38)53)49-51-47(39-25-27-43(33(7)45(39)54)56-31-36(13-5)21-16-10-2)50-48(52-49)40-26-28-44(34(8)46(40)55)57-32-37(14-6)22-17-11-3/h18-19,23-28,30,35-37,54-55H,9-17,20-22,29,31-32H2,1-8H3. The van der Waals surface area contributed by atoms with Gasteiger partial charge in [-0.1, -0.05) is 118 Å². The van der Waals surface area contributed by atoms with E-state index in [9.17, 15) is 10.2 Å². The van der Waals surface area contributed by atoms with Crippen molar-refractivity contribution >= 4 is 10.9 Å².